The van der Waals surface area contributed by atoms with Crippen molar-refractivity contribution in [3.8, 4) is 0 Å². The Bertz CT molecular complexity index is 225. The molecule has 0 saturated heterocycles. The highest BCUT2D eigenvalue weighted by molar-refractivity contribution is 6.06. The van der Waals surface area contributed by atoms with Gasteiger partial charge in [-0.15, -0.1) is 0 Å². The average Bonchev–Trinajstić information content (AvgIpc) is 2.10. The molecule has 0 unspecified atom stereocenters. The van der Waals surface area contributed by atoms with Crippen LogP contribution in [0.1, 0.15) is 26.2 Å². The zero-order valence-corrected chi connectivity index (χ0v) is 9.62. The van der Waals surface area contributed by atoms with Crippen molar-refractivity contribution in [1.29, 1.82) is 0 Å². The summed E-state index contributed by atoms with van der Waals surface area (Å²) in [5.41, 5.74) is 3.95. The minimum atomic E-state index is -1.39. The fraction of sp³-hybridized carbons (Fsp3) is 0.800. The minimum absolute atomic E-state index is 0.307. The van der Waals surface area contributed by atoms with Crippen LogP contribution in [0.5, 0.6) is 0 Å². The maximum atomic E-state index is 11.5. The lowest BCUT2D eigenvalue weighted by Crippen LogP contribution is -2.56. The highest BCUT2D eigenvalue weighted by Crippen LogP contribution is 2.22. The predicted molar refractivity (Wildman–Crippen MR) is 57.6 cm³/mol. The highest BCUT2D eigenvalue weighted by Gasteiger charge is 2.45. The van der Waals surface area contributed by atoms with E-state index in [-0.39, 0.29) is 5.78 Å². The molecule has 5 heteroatoms. The largest absolute Gasteiger partial charge is 0.480 e. The van der Waals surface area contributed by atoms with E-state index in [0.717, 1.165) is 6.42 Å². The van der Waals surface area contributed by atoms with Gasteiger partial charge in [-0.3, -0.25) is 9.69 Å². The summed E-state index contributed by atoms with van der Waals surface area (Å²) < 4.78 is 0. The SMILES string of the molecule is CC(=O)[C@](CCCCN)(C(=O)O)N(C)C. The molecule has 0 aromatic carbocycles. The summed E-state index contributed by atoms with van der Waals surface area (Å²) in [5, 5.41) is 9.17. The Morgan fingerprint density at radius 3 is 2.13 bits per heavy atom. The fourth-order valence-corrected chi connectivity index (χ4v) is 1.69. The van der Waals surface area contributed by atoms with Gasteiger partial charge < -0.3 is 10.8 Å². The zero-order valence-electron chi connectivity index (χ0n) is 9.62. The van der Waals surface area contributed by atoms with Gasteiger partial charge in [0.25, 0.3) is 0 Å². The lowest BCUT2D eigenvalue weighted by atomic mass is 9.87. The minimum Gasteiger partial charge on any atom is -0.480 e. The van der Waals surface area contributed by atoms with Crippen molar-refractivity contribution >= 4 is 11.8 Å². The first-order valence-electron chi connectivity index (χ1n) is 5.01. The number of hydrogen-bond acceptors (Lipinski definition) is 4. The first-order valence-corrected chi connectivity index (χ1v) is 5.01. The first kappa shape index (κ1) is 14.1. The molecule has 0 spiro atoms. The van der Waals surface area contributed by atoms with Crippen LogP contribution in [0.3, 0.4) is 0 Å². The molecule has 0 amide bonds. The van der Waals surface area contributed by atoms with Gasteiger partial charge in [-0.05, 0) is 46.8 Å². The van der Waals surface area contributed by atoms with Crippen LogP contribution in [0, 0.1) is 0 Å². The molecule has 0 heterocycles. The normalized spacial score (nSPS) is 15.0. The van der Waals surface area contributed by atoms with Crippen LogP contribution in [0.15, 0.2) is 0 Å². The van der Waals surface area contributed by atoms with Crippen LogP contribution in [0.2, 0.25) is 0 Å². The number of carbonyl (C=O) groups excluding carboxylic acids is 1. The van der Waals surface area contributed by atoms with Crippen LogP contribution in [0.4, 0.5) is 0 Å². The molecule has 0 saturated carbocycles. The standard InChI is InChI=1S/C10H20N2O3/c1-8(13)10(9(14)15,12(2)3)6-4-5-7-11/h4-7,11H2,1-3H3,(H,14,15)/t10-/m1/s1. The van der Waals surface area contributed by atoms with E-state index in [2.05, 4.69) is 0 Å². The Kier molecular flexibility index (Phi) is 5.46. The van der Waals surface area contributed by atoms with Gasteiger partial charge >= 0.3 is 5.97 Å². The topological polar surface area (TPSA) is 83.6 Å². The summed E-state index contributed by atoms with van der Waals surface area (Å²) >= 11 is 0. The Morgan fingerprint density at radius 1 is 1.33 bits per heavy atom. The van der Waals surface area contributed by atoms with E-state index in [9.17, 15) is 14.7 Å². The van der Waals surface area contributed by atoms with Gasteiger partial charge in [0.05, 0.1) is 0 Å². The van der Waals surface area contributed by atoms with Gasteiger partial charge in [0, 0.05) is 0 Å². The summed E-state index contributed by atoms with van der Waals surface area (Å²) in [6.07, 6.45) is 1.68. The number of nitrogens with two attached hydrogens (primary N) is 1. The van der Waals surface area contributed by atoms with Gasteiger partial charge in [0.15, 0.2) is 11.3 Å². The molecule has 15 heavy (non-hydrogen) atoms. The number of Topliss-reactive ketones (excluding diaryl/α,β-unsaturated/α-hetero) is 1. The van der Waals surface area contributed by atoms with E-state index in [4.69, 9.17) is 5.73 Å². The number of likely N-dealkylation sites (N-methyl/N-ethyl adjacent to an activating group) is 1. The van der Waals surface area contributed by atoms with Gasteiger partial charge in [0.2, 0.25) is 0 Å². The molecule has 1 atom stereocenters. The number of rotatable bonds is 7. The molecule has 0 aliphatic rings. The molecule has 0 fully saturated rings. The molecular weight excluding hydrogens is 196 g/mol. The summed E-state index contributed by atoms with van der Waals surface area (Å²) in [4.78, 5) is 24.2. The average molecular weight is 216 g/mol. The lowest BCUT2D eigenvalue weighted by molar-refractivity contribution is -0.156. The number of carbonyl (C=O) groups is 2. The number of unbranched alkanes of at least 4 members (excludes halogenated alkanes) is 1. The summed E-state index contributed by atoms with van der Waals surface area (Å²) in [5.74, 6) is -1.42. The lowest BCUT2D eigenvalue weighted by Gasteiger charge is -2.33. The van der Waals surface area contributed by atoms with E-state index in [1.54, 1.807) is 14.1 Å². The maximum absolute atomic E-state index is 11.5. The first-order chi connectivity index (χ1) is 6.89. The zero-order chi connectivity index (χ0) is 12.1. The molecule has 0 radical (unpaired) electrons. The van der Waals surface area contributed by atoms with Gasteiger partial charge in [-0.1, -0.05) is 0 Å². The molecule has 5 nitrogen and oxygen atoms in total. The third kappa shape index (κ3) is 3.00. The maximum Gasteiger partial charge on any atom is 0.331 e. The molecule has 0 aliphatic heterocycles. The number of nitrogens with zero attached hydrogens (tertiary/aromatic N) is 1. The molecule has 88 valence electrons. The molecule has 0 aromatic heterocycles. The molecular formula is C10H20N2O3. The second-order valence-corrected chi connectivity index (χ2v) is 3.86. The molecule has 0 aliphatic carbocycles. The Morgan fingerprint density at radius 2 is 1.87 bits per heavy atom. The van der Waals surface area contributed by atoms with E-state index < -0.39 is 11.5 Å². The second-order valence-electron chi connectivity index (χ2n) is 3.86. The number of carboxylic acids is 1. The summed E-state index contributed by atoms with van der Waals surface area (Å²) in [7, 11) is 3.22. The van der Waals surface area contributed by atoms with Crippen molar-refractivity contribution in [3.63, 3.8) is 0 Å². The molecule has 3 N–H and O–H groups in total. The highest BCUT2D eigenvalue weighted by atomic mass is 16.4. The molecule has 0 bridgehead atoms. The van der Waals surface area contributed by atoms with Crippen LogP contribution in [-0.4, -0.2) is 47.9 Å². The number of carboxylic acid groups (broad SMARTS) is 1. The van der Waals surface area contributed by atoms with Gasteiger partial charge in [-0.2, -0.15) is 0 Å². The monoisotopic (exact) mass is 216 g/mol. The van der Waals surface area contributed by atoms with Crippen LogP contribution in [0.25, 0.3) is 0 Å². The smallest absolute Gasteiger partial charge is 0.331 e. The van der Waals surface area contributed by atoms with Crippen molar-refractivity contribution in [3.05, 3.63) is 0 Å². The van der Waals surface area contributed by atoms with E-state index in [1.165, 1.54) is 11.8 Å². The number of ketones is 1. The van der Waals surface area contributed by atoms with Crippen molar-refractivity contribution in [2.45, 2.75) is 31.7 Å². The van der Waals surface area contributed by atoms with Crippen LogP contribution in [-0.2, 0) is 9.59 Å². The van der Waals surface area contributed by atoms with Gasteiger partial charge in [-0.25, -0.2) is 4.79 Å². The van der Waals surface area contributed by atoms with Crippen molar-refractivity contribution < 1.29 is 14.7 Å². The third-order valence-corrected chi connectivity index (χ3v) is 2.69. The number of aliphatic carboxylic acids is 1. The van der Waals surface area contributed by atoms with Crippen molar-refractivity contribution in [1.82, 2.24) is 4.90 Å². The third-order valence-electron chi connectivity index (χ3n) is 2.69. The van der Waals surface area contributed by atoms with E-state index >= 15 is 0 Å². The summed E-state index contributed by atoms with van der Waals surface area (Å²) in [6, 6.07) is 0. The van der Waals surface area contributed by atoms with E-state index in [0.29, 0.717) is 19.4 Å². The van der Waals surface area contributed by atoms with Crippen molar-refractivity contribution in [2.75, 3.05) is 20.6 Å². The van der Waals surface area contributed by atoms with Gasteiger partial charge in [0.1, 0.15) is 0 Å². The fourth-order valence-electron chi connectivity index (χ4n) is 1.69. The predicted octanol–water partition coefficient (Wildman–Crippen LogP) is 0.0894. The number of hydrogen-bond donors (Lipinski definition) is 2. The Hall–Kier alpha value is -0.940. The molecule has 0 aromatic rings. The van der Waals surface area contributed by atoms with E-state index in [1.807, 2.05) is 0 Å². The summed E-state index contributed by atoms with van der Waals surface area (Å²) in [6.45, 7) is 1.83. The molecule has 0 rings (SSSR count). The van der Waals surface area contributed by atoms with Crippen LogP contribution >= 0.6 is 0 Å². The second kappa shape index (κ2) is 5.82. The van der Waals surface area contributed by atoms with Crippen molar-refractivity contribution in [2.24, 2.45) is 5.73 Å². The quantitative estimate of drug-likeness (QED) is 0.465. The van der Waals surface area contributed by atoms with Crippen LogP contribution < -0.4 is 5.73 Å². The Balaban J connectivity index is 4.81. The Labute approximate surface area is 90.2 Å².